The van der Waals surface area contributed by atoms with Crippen molar-refractivity contribution in [2.45, 2.75) is 39.3 Å². The highest BCUT2D eigenvalue weighted by Gasteiger charge is 2.32. The van der Waals surface area contributed by atoms with Crippen LogP contribution in [0.3, 0.4) is 0 Å². The molecule has 3 aromatic rings. The number of benzene rings is 1. The monoisotopic (exact) mass is 421 g/mol. The van der Waals surface area contributed by atoms with Gasteiger partial charge < -0.3 is 20.0 Å². The zero-order valence-corrected chi connectivity index (χ0v) is 18.1. The third-order valence-electron chi connectivity index (χ3n) is 5.35. The van der Waals surface area contributed by atoms with Gasteiger partial charge in [-0.3, -0.25) is 9.78 Å². The van der Waals surface area contributed by atoms with Crippen LogP contribution in [0.1, 0.15) is 31.0 Å². The average molecular weight is 422 g/mol. The summed E-state index contributed by atoms with van der Waals surface area (Å²) >= 11 is 0. The van der Waals surface area contributed by atoms with E-state index in [1.807, 2.05) is 50.1 Å². The maximum atomic E-state index is 12.4. The van der Waals surface area contributed by atoms with Crippen molar-refractivity contribution in [3.05, 3.63) is 41.7 Å². The molecule has 0 saturated carbocycles. The van der Waals surface area contributed by atoms with Crippen LogP contribution in [0.4, 0.5) is 5.82 Å². The predicted octanol–water partition coefficient (Wildman–Crippen LogP) is 2.33. The molecule has 31 heavy (non-hydrogen) atoms. The molecule has 1 amide bonds. The van der Waals surface area contributed by atoms with Crippen LogP contribution in [0.5, 0.6) is 0 Å². The third-order valence-corrected chi connectivity index (χ3v) is 5.35. The Hall–Kier alpha value is -3.33. The van der Waals surface area contributed by atoms with Gasteiger partial charge in [0, 0.05) is 25.2 Å². The SMILES string of the molecule is CCNC(=O)[C@H]1CCCN1c1cnc(C)c(-c2nnc(-c3ccc(CNC)cc3)o2)n1. The number of likely N-dealkylation sites (N-methyl/N-ethyl adjacent to an activating group) is 1. The Balaban J connectivity index is 1.60. The second-order valence-corrected chi connectivity index (χ2v) is 7.55. The van der Waals surface area contributed by atoms with E-state index in [1.165, 1.54) is 5.56 Å². The Morgan fingerprint density at radius 3 is 2.74 bits per heavy atom. The summed E-state index contributed by atoms with van der Waals surface area (Å²) in [4.78, 5) is 23.7. The van der Waals surface area contributed by atoms with Crippen molar-refractivity contribution in [3.8, 4) is 23.0 Å². The molecule has 2 aromatic heterocycles. The van der Waals surface area contributed by atoms with Crippen LogP contribution in [0.15, 0.2) is 34.9 Å². The highest BCUT2D eigenvalue weighted by atomic mass is 16.4. The maximum absolute atomic E-state index is 12.4. The number of nitrogens with one attached hydrogen (secondary N) is 2. The first-order chi connectivity index (χ1) is 15.1. The summed E-state index contributed by atoms with van der Waals surface area (Å²) in [5.74, 6) is 1.41. The fourth-order valence-corrected chi connectivity index (χ4v) is 3.79. The molecule has 1 aromatic carbocycles. The van der Waals surface area contributed by atoms with Gasteiger partial charge in [0.1, 0.15) is 11.9 Å². The summed E-state index contributed by atoms with van der Waals surface area (Å²) in [5, 5.41) is 14.4. The molecule has 0 spiro atoms. The molecule has 1 saturated heterocycles. The van der Waals surface area contributed by atoms with Crippen LogP contribution in [0.2, 0.25) is 0 Å². The van der Waals surface area contributed by atoms with E-state index in [0.717, 1.165) is 31.5 Å². The second-order valence-electron chi connectivity index (χ2n) is 7.55. The van der Waals surface area contributed by atoms with E-state index in [1.54, 1.807) is 6.20 Å². The summed E-state index contributed by atoms with van der Waals surface area (Å²) in [6.45, 7) is 5.93. The predicted molar refractivity (Wildman–Crippen MR) is 117 cm³/mol. The molecule has 1 aliphatic rings. The van der Waals surface area contributed by atoms with Gasteiger partial charge in [0.25, 0.3) is 5.89 Å². The molecular formula is C22H27N7O2. The lowest BCUT2D eigenvalue weighted by Gasteiger charge is -2.24. The Labute approximate surface area is 181 Å². The number of carbonyl (C=O) groups is 1. The molecular weight excluding hydrogens is 394 g/mol. The first kappa shape index (κ1) is 20.9. The molecule has 9 nitrogen and oxygen atoms in total. The van der Waals surface area contributed by atoms with Crippen molar-refractivity contribution < 1.29 is 9.21 Å². The molecule has 0 bridgehead atoms. The lowest BCUT2D eigenvalue weighted by molar-refractivity contribution is -0.122. The number of hydrogen-bond donors (Lipinski definition) is 2. The smallest absolute Gasteiger partial charge is 0.268 e. The van der Waals surface area contributed by atoms with E-state index in [4.69, 9.17) is 9.40 Å². The summed E-state index contributed by atoms with van der Waals surface area (Å²) in [6, 6.07) is 7.73. The molecule has 1 atom stereocenters. The van der Waals surface area contributed by atoms with Gasteiger partial charge >= 0.3 is 0 Å². The van der Waals surface area contributed by atoms with E-state index >= 15 is 0 Å². The Morgan fingerprint density at radius 1 is 1.23 bits per heavy atom. The normalized spacial score (nSPS) is 16.0. The van der Waals surface area contributed by atoms with Crippen molar-refractivity contribution in [1.82, 2.24) is 30.8 Å². The lowest BCUT2D eigenvalue weighted by atomic mass is 10.1. The number of carbonyl (C=O) groups excluding carboxylic acids is 1. The quantitative estimate of drug-likeness (QED) is 0.598. The molecule has 4 rings (SSSR count). The van der Waals surface area contributed by atoms with E-state index in [2.05, 4.69) is 25.8 Å². The van der Waals surface area contributed by atoms with Crippen LogP contribution in [-0.2, 0) is 11.3 Å². The van der Waals surface area contributed by atoms with Gasteiger partial charge in [0.15, 0.2) is 5.69 Å². The van der Waals surface area contributed by atoms with Gasteiger partial charge in [0.05, 0.1) is 11.9 Å². The Morgan fingerprint density at radius 2 is 2.00 bits per heavy atom. The van der Waals surface area contributed by atoms with Crippen molar-refractivity contribution in [1.29, 1.82) is 0 Å². The standard InChI is InChI=1S/C22H27N7O2/c1-4-24-20(30)17-6-5-11-29(17)18-13-25-14(2)19(26-18)22-28-27-21(31-22)16-9-7-15(8-10-16)12-23-3/h7-10,13,17,23H,4-6,11-12H2,1-3H3,(H,24,30)/t17-/m1/s1. The fraction of sp³-hybridized carbons (Fsp3) is 0.409. The van der Waals surface area contributed by atoms with Crippen molar-refractivity contribution in [2.24, 2.45) is 0 Å². The number of nitrogens with zero attached hydrogens (tertiary/aromatic N) is 5. The number of anilines is 1. The Kier molecular flexibility index (Phi) is 6.22. The van der Waals surface area contributed by atoms with Crippen LogP contribution >= 0.6 is 0 Å². The zero-order chi connectivity index (χ0) is 21.8. The highest BCUT2D eigenvalue weighted by molar-refractivity contribution is 5.85. The summed E-state index contributed by atoms with van der Waals surface area (Å²) in [6.07, 6.45) is 3.43. The zero-order valence-electron chi connectivity index (χ0n) is 18.1. The molecule has 9 heteroatoms. The molecule has 1 fully saturated rings. The second kappa shape index (κ2) is 9.22. The van der Waals surface area contributed by atoms with E-state index < -0.39 is 0 Å². The minimum absolute atomic E-state index is 0.0192. The summed E-state index contributed by atoms with van der Waals surface area (Å²) in [7, 11) is 1.91. The minimum atomic E-state index is -0.237. The molecule has 0 unspecified atom stereocenters. The van der Waals surface area contributed by atoms with Gasteiger partial charge in [-0.05, 0) is 51.4 Å². The van der Waals surface area contributed by atoms with E-state index in [9.17, 15) is 4.79 Å². The third kappa shape index (κ3) is 4.41. The molecule has 0 radical (unpaired) electrons. The first-order valence-corrected chi connectivity index (χ1v) is 10.6. The molecule has 1 aliphatic heterocycles. The van der Waals surface area contributed by atoms with Gasteiger partial charge in [-0.25, -0.2) is 4.98 Å². The number of hydrogen-bond acceptors (Lipinski definition) is 8. The van der Waals surface area contributed by atoms with Crippen molar-refractivity contribution in [2.75, 3.05) is 25.0 Å². The average Bonchev–Trinajstić information content (AvgIpc) is 3.45. The van der Waals surface area contributed by atoms with Gasteiger partial charge in [-0.15, -0.1) is 10.2 Å². The van der Waals surface area contributed by atoms with E-state index in [0.29, 0.717) is 35.5 Å². The van der Waals surface area contributed by atoms with Gasteiger partial charge in [0.2, 0.25) is 11.8 Å². The van der Waals surface area contributed by atoms with Crippen molar-refractivity contribution in [3.63, 3.8) is 0 Å². The van der Waals surface area contributed by atoms with Crippen LogP contribution in [0, 0.1) is 6.92 Å². The largest absolute Gasteiger partial charge is 0.415 e. The van der Waals surface area contributed by atoms with Crippen LogP contribution < -0.4 is 15.5 Å². The molecule has 162 valence electrons. The molecule has 2 N–H and O–H groups in total. The fourth-order valence-electron chi connectivity index (χ4n) is 3.79. The highest BCUT2D eigenvalue weighted by Crippen LogP contribution is 2.29. The number of amides is 1. The van der Waals surface area contributed by atoms with Crippen molar-refractivity contribution >= 4 is 11.7 Å². The maximum Gasteiger partial charge on any atom is 0.268 e. The number of rotatable bonds is 7. The summed E-state index contributed by atoms with van der Waals surface area (Å²) in [5.41, 5.74) is 3.24. The Bertz CT molecular complexity index is 1050. The minimum Gasteiger partial charge on any atom is -0.415 e. The van der Waals surface area contributed by atoms with E-state index in [-0.39, 0.29) is 11.9 Å². The molecule has 0 aliphatic carbocycles. The number of aryl methyl sites for hydroxylation is 1. The first-order valence-electron chi connectivity index (χ1n) is 10.6. The topological polar surface area (TPSA) is 109 Å². The van der Waals surface area contributed by atoms with Crippen LogP contribution in [0.25, 0.3) is 23.0 Å². The van der Waals surface area contributed by atoms with Crippen LogP contribution in [-0.4, -0.2) is 52.3 Å². The summed E-state index contributed by atoms with van der Waals surface area (Å²) < 4.78 is 5.93. The lowest BCUT2D eigenvalue weighted by Crippen LogP contribution is -2.43. The number of aromatic nitrogens is 4. The van der Waals surface area contributed by atoms with Gasteiger partial charge in [-0.1, -0.05) is 12.1 Å². The molecule has 3 heterocycles. The van der Waals surface area contributed by atoms with Gasteiger partial charge in [-0.2, -0.15) is 0 Å².